The minimum atomic E-state index is -0.962. The van der Waals surface area contributed by atoms with E-state index in [0.29, 0.717) is 31.3 Å². The first-order chi connectivity index (χ1) is 15.7. The highest BCUT2D eigenvalue weighted by atomic mass is 16.5. The third-order valence-corrected chi connectivity index (χ3v) is 5.52. The zero-order valence-corrected chi connectivity index (χ0v) is 19.6. The maximum atomic E-state index is 12.5. The van der Waals surface area contributed by atoms with E-state index in [1.165, 1.54) is 12.1 Å². The van der Waals surface area contributed by atoms with Crippen LogP contribution in [-0.4, -0.2) is 16.9 Å². The summed E-state index contributed by atoms with van der Waals surface area (Å²) >= 11 is 0. The molecule has 172 valence electrons. The van der Waals surface area contributed by atoms with Crippen LogP contribution in [-0.2, 0) is 13.2 Å². The molecule has 5 heteroatoms. The van der Waals surface area contributed by atoms with Crippen LogP contribution in [0.2, 0.25) is 0 Å². The van der Waals surface area contributed by atoms with Crippen molar-refractivity contribution in [3.8, 4) is 11.5 Å². The Labute approximate surface area is 195 Å². The van der Waals surface area contributed by atoms with E-state index in [-0.39, 0.29) is 11.3 Å². The van der Waals surface area contributed by atoms with Gasteiger partial charge in [0.1, 0.15) is 24.7 Å². The molecule has 3 aromatic rings. The van der Waals surface area contributed by atoms with Crippen LogP contribution >= 0.6 is 0 Å². The van der Waals surface area contributed by atoms with E-state index < -0.39 is 5.97 Å². The van der Waals surface area contributed by atoms with Crippen molar-refractivity contribution in [3.05, 3.63) is 94.0 Å². The van der Waals surface area contributed by atoms with Gasteiger partial charge in [0, 0.05) is 12.0 Å². The fraction of sp³-hybridized carbons (Fsp3) is 0.286. The van der Waals surface area contributed by atoms with Crippen LogP contribution in [0.5, 0.6) is 11.5 Å². The molecule has 0 aliphatic carbocycles. The van der Waals surface area contributed by atoms with Crippen molar-refractivity contribution in [1.82, 2.24) is 0 Å². The molecular formula is C28H30O5. The quantitative estimate of drug-likeness (QED) is 0.365. The molecule has 3 aromatic carbocycles. The van der Waals surface area contributed by atoms with E-state index in [4.69, 9.17) is 14.6 Å². The van der Waals surface area contributed by atoms with E-state index in [1.54, 1.807) is 12.1 Å². The Morgan fingerprint density at radius 3 is 2.09 bits per heavy atom. The summed E-state index contributed by atoms with van der Waals surface area (Å²) in [4.78, 5) is 23.4. The highest BCUT2D eigenvalue weighted by Crippen LogP contribution is 2.27. The molecule has 5 nitrogen and oxygen atoms in total. The highest BCUT2D eigenvalue weighted by molar-refractivity contribution is 5.98. The first kappa shape index (κ1) is 24.1. The zero-order chi connectivity index (χ0) is 24.0. The summed E-state index contributed by atoms with van der Waals surface area (Å²) < 4.78 is 11.8. The molecule has 0 spiro atoms. The maximum Gasteiger partial charge on any atom is 0.335 e. The average molecular weight is 447 g/mol. The Hall–Kier alpha value is -3.60. The Bertz CT molecular complexity index is 1130. The summed E-state index contributed by atoms with van der Waals surface area (Å²) in [6.07, 6.45) is 0.541. The van der Waals surface area contributed by atoms with Crippen molar-refractivity contribution < 1.29 is 24.2 Å². The summed E-state index contributed by atoms with van der Waals surface area (Å²) in [6, 6.07) is 18.0. The Kier molecular flexibility index (Phi) is 7.88. The fourth-order valence-corrected chi connectivity index (χ4v) is 3.57. The van der Waals surface area contributed by atoms with Gasteiger partial charge in [0.2, 0.25) is 0 Å². The van der Waals surface area contributed by atoms with Crippen molar-refractivity contribution >= 4 is 11.8 Å². The van der Waals surface area contributed by atoms with Gasteiger partial charge in [-0.1, -0.05) is 32.0 Å². The van der Waals surface area contributed by atoms with E-state index >= 15 is 0 Å². The number of rotatable bonds is 10. The second kappa shape index (κ2) is 10.8. The van der Waals surface area contributed by atoms with Crippen LogP contribution < -0.4 is 9.47 Å². The van der Waals surface area contributed by atoms with Crippen molar-refractivity contribution in [2.75, 3.05) is 0 Å². The first-order valence-corrected chi connectivity index (χ1v) is 11.0. The predicted octanol–water partition coefficient (Wildman–Crippen LogP) is 6.39. The van der Waals surface area contributed by atoms with E-state index in [0.717, 1.165) is 33.6 Å². The van der Waals surface area contributed by atoms with Gasteiger partial charge in [-0.3, -0.25) is 4.79 Å². The molecule has 0 saturated carbocycles. The Balaban J connectivity index is 1.62. The average Bonchev–Trinajstić information content (AvgIpc) is 2.78. The lowest BCUT2D eigenvalue weighted by Gasteiger charge is -2.15. The minimum absolute atomic E-state index is 0.169. The van der Waals surface area contributed by atoms with Crippen LogP contribution in [0.1, 0.15) is 63.2 Å². The summed E-state index contributed by atoms with van der Waals surface area (Å²) in [6.45, 7) is 8.82. The van der Waals surface area contributed by atoms with Gasteiger partial charge in [0.25, 0.3) is 0 Å². The molecular weight excluding hydrogens is 416 g/mol. The van der Waals surface area contributed by atoms with Crippen molar-refractivity contribution in [2.24, 2.45) is 5.92 Å². The molecule has 0 aliphatic heterocycles. The smallest absolute Gasteiger partial charge is 0.335 e. The van der Waals surface area contributed by atoms with Crippen LogP contribution in [0.15, 0.2) is 60.7 Å². The Morgan fingerprint density at radius 2 is 1.48 bits per heavy atom. The lowest BCUT2D eigenvalue weighted by Crippen LogP contribution is -2.07. The molecule has 0 atom stereocenters. The number of Topliss-reactive ketones (excluding diaryl/α,β-unsaturated/α-hetero) is 1. The number of carboxylic acid groups (broad SMARTS) is 1. The molecule has 0 radical (unpaired) electrons. The topological polar surface area (TPSA) is 72.8 Å². The number of carboxylic acids is 1. The molecule has 0 amide bonds. The molecule has 0 aromatic heterocycles. The summed E-state index contributed by atoms with van der Waals surface area (Å²) in [7, 11) is 0. The largest absolute Gasteiger partial charge is 0.489 e. The molecule has 0 aliphatic rings. The molecule has 0 fully saturated rings. The third kappa shape index (κ3) is 6.45. The van der Waals surface area contributed by atoms with Crippen molar-refractivity contribution in [3.63, 3.8) is 0 Å². The summed E-state index contributed by atoms with van der Waals surface area (Å²) in [5, 5.41) is 8.98. The van der Waals surface area contributed by atoms with Crippen LogP contribution in [0.25, 0.3) is 0 Å². The third-order valence-electron chi connectivity index (χ3n) is 5.52. The standard InChI is InChI=1S/C28H30O5/c1-18(2)14-26(29)25-12-13-27(20(4)19(25)3)33-17-22-7-5-6-21(15-22)16-32-24-10-8-23(9-11-24)28(30)31/h5-13,15,18H,14,16-17H2,1-4H3,(H,30,31). The number of benzene rings is 3. The van der Waals surface area contributed by atoms with Gasteiger partial charge in [-0.2, -0.15) is 0 Å². The van der Waals surface area contributed by atoms with Crippen LogP contribution in [0.3, 0.4) is 0 Å². The molecule has 0 bridgehead atoms. The summed E-state index contributed by atoms with van der Waals surface area (Å²) in [5.74, 6) is 0.918. The van der Waals surface area contributed by atoms with Gasteiger partial charge in [0.05, 0.1) is 5.56 Å². The number of aromatic carboxylic acids is 1. The lowest BCUT2D eigenvalue weighted by molar-refractivity contribution is 0.0696. The predicted molar refractivity (Wildman–Crippen MR) is 128 cm³/mol. The van der Waals surface area contributed by atoms with Crippen molar-refractivity contribution in [2.45, 2.75) is 47.3 Å². The van der Waals surface area contributed by atoms with Gasteiger partial charge in [-0.15, -0.1) is 0 Å². The van der Waals surface area contributed by atoms with Crippen molar-refractivity contribution in [1.29, 1.82) is 0 Å². The Morgan fingerprint density at radius 1 is 0.848 bits per heavy atom. The highest BCUT2D eigenvalue weighted by Gasteiger charge is 2.15. The number of hydrogen-bond acceptors (Lipinski definition) is 4. The van der Waals surface area contributed by atoms with Crippen LogP contribution in [0, 0.1) is 19.8 Å². The monoisotopic (exact) mass is 446 g/mol. The lowest BCUT2D eigenvalue weighted by atomic mass is 9.95. The SMILES string of the molecule is Cc1c(OCc2cccc(COc3ccc(C(=O)O)cc3)c2)ccc(C(=O)CC(C)C)c1C. The van der Waals surface area contributed by atoms with Gasteiger partial charge < -0.3 is 14.6 Å². The maximum absolute atomic E-state index is 12.5. The molecule has 0 unspecified atom stereocenters. The van der Waals surface area contributed by atoms with E-state index in [2.05, 4.69) is 0 Å². The van der Waals surface area contributed by atoms with Gasteiger partial charge >= 0.3 is 5.97 Å². The fourth-order valence-electron chi connectivity index (χ4n) is 3.57. The summed E-state index contributed by atoms with van der Waals surface area (Å²) in [5.41, 5.74) is 4.94. The second-order valence-corrected chi connectivity index (χ2v) is 8.61. The van der Waals surface area contributed by atoms with Gasteiger partial charge in [-0.05, 0) is 84.5 Å². The normalized spacial score (nSPS) is 10.8. The number of carbonyl (C=O) groups is 2. The molecule has 0 heterocycles. The molecule has 3 rings (SSSR count). The first-order valence-electron chi connectivity index (χ1n) is 11.0. The van der Waals surface area contributed by atoms with E-state index in [9.17, 15) is 9.59 Å². The van der Waals surface area contributed by atoms with Crippen LogP contribution in [0.4, 0.5) is 0 Å². The van der Waals surface area contributed by atoms with Gasteiger partial charge in [-0.25, -0.2) is 4.79 Å². The molecule has 0 saturated heterocycles. The zero-order valence-electron chi connectivity index (χ0n) is 19.6. The van der Waals surface area contributed by atoms with Gasteiger partial charge in [0.15, 0.2) is 5.78 Å². The molecule has 1 N–H and O–H groups in total. The number of hydrogen-bond donors (Lipinski definition) is 1. The van der Waals surface area contributed by atoms with E-state index in [1.807, 2.05) is 64.1 Å². The molecule has 33 heavy (non-hydrogen) atoms. The second-order valence-electron chi connectivity index (χ2n) is 8.61. The minimum Gasteiger partial charge on any atom is -0.489 e. The number of carbonyl (C=O) groups excluding carboxylic acids is 1. The number of ketones is 1. The number of ether oxygens (including phenoxy) is 2.